The number of nitrogens with zero attached hydrogens (tertiary/aromatic N) is 1. The van der Waals surface area contributed by atoms with Crippen LogP contribution in [0.1, 0.15) is 0 Å². The molecule has 114 valence electrons. The fraction of sp³-hybridized carbons (Fsp3) is 0. The topological polar surface area (TPSA) is 4.93 Å². The zero-order chi connectivity index (χ0) is 15.9. The third kappa shape index (κ3) is 2.00. The maximum Gasteiger partial charge on any atom is 0.0541 e. The number of benzene rings is 3. The number of aromatic nitrogens is 1. The molecule has 3 aromatic carbocycles. The second-order valence-corrected chi connectivity index (χ2v) is 6.85. The summed E-state index contributed by atoms with van der Waals surface area (Å²) in [7, 11) is 0. The second kappa shape index (κ2) is 5.36. The van der Waals surface area contributed by atoms with Crippen LogP contribution in [0.25, 0.3) is 37.9 Å². The van der Waals surface area contributed by atoms with E-state index >= 15 is 0 Å². The zero-order valence-electron chi connectivity index (χ0n) is 13.0. The van der Waals surface area contributed by atoms with Gasteiger partial charge in [0.05, 0.1) is 11.0 Å². The Labute approximate surface area is 144 Å². The third-order valence-corrected chi connectivity index (χ3v) is 5.41. The van der Waals surface area contributed by atoms with E-state index in [4.69, 9.17) is 0 Å². The smallest absolute Gasteiger partial charge is 0.0541 e. The van der Waals surface area contributed by atoms with Crippen molar-refractivity contribution in [3.05, 3.63) is 90.3 Å². The summed E-state index contributed by atoms with van der Waals surface area (Å²) in [6.07, 6.45) is 0. The molecule has 0 unspecified atom stereocenters. The Hall–Kier alpha value is -2.84. The van der Waals surface area contributed by atoms with Crippen LogP contribution in [0, 0.1) is 0 Å². The number of hydrogen-bond donors (Lipinski definition) is 0. The van der Waals surface area contributed by atoms with E-state index in [1.54, 1.807) is 11.3 Å². The summed E-state index contributed by atoms with van der Waals surface area (Å²) in [6.45, 7) is 0. The first-order valence-electron chi connectivity index (χ1n) is 8.04. The van der Waals surface area contributed by atoms with Gasteiger partial charge in [0.2, 0.25) is 0 Å². The summed E-state index contributed by atoms with van der Waals surface area (Å²) >= 11 is 1.78. The van der Waals surface area contributed by atoms with Gasteiger partial charge in [0.15, 0.2) is 0 Å². The van der Waals surface area contributed by atoms with E-state index in [2.05, 4.69) is 94.9 Å². The Morgan fingerprint density at radius 1 is 0.625 bits per heavy atom. The molecule has 0 fully saturated rings. The molecule has 0 N–H and O–H groups in total. The van der Waals surface area contributed by atoms with Crippen molar-refractivity contribution in [3.63, 3.8) is 0 Å². The van der Waals surface area contributed by atoms with Gasteiger partial charge >= 0.3 is 0 Å². The van der Waals surface area contributed by atoms with Crippen molar-refractivity contribution < 1.29 is 0 Å². The molecule has 0 aliphatic heterocycles. The van der Waals surface area contributed by atoms with Crippen LogP contribution in [0.15, 0.2) is 90.3 Å². The molecule has 2 heteroatoms. The lowest BCUT2D eigenvalue weighted by Gasteiger charge is -2.09. The standard InChI is InChI=1S/C22H15NS/c1-3-11-20-18(9-1)19-10-2-4-12-21(19)23(20)17-8-5-7-16(15-17)22-13-6-14-24-22/h1-15H. The van der Waals surface area contributed by atoms with Crippen molar-refractivity contribution in [2.45, 2.75) is 0 Å². The lowest BCUT2D eigenvalue weighted by atomic mass is 10.1. The van der Waals surface area contributed by atoms with Gasteiger partial charge in [0, 0.05) is 21.3 Å². The van der Waals surface area contributed by atoms with Gasteiger partial charge in [-0.05, 0) is 41.3 Å². The largest absolute Gasteiger partial charge is 0.309 e. The minimum absolute atomic E-state index is 1.21. The number of hydrogen-bond acceptors (Lipinski definition) is 1. The predicted molar refractivity (Wildman–Crippen MR) is 104 cm³/mol. The predicted octanol–water partition coefficient (Wildman–Crippen LogP) is 6.51. The van der Waals surface area contributed by atoms with Crippen molar-refractivity contribution in [2.75, 3.05) is 0 Å². The van der Waals surface area contributed by atoms with Crippen LogP contribution in [-0.4, -0.2) is 4.57 Å². The van der Waals surface area contributed by atoms with Crippen molar-refractivity contribution >= 4 is 33.1 Å². The van der Waals surface area contributed by atoms with Gasteiger partial charge in [-0.15, -0.1) is 11.3 Å². The number of fused-ring (bicyclic) bond motifs is 3. The Morgan fingerprint density at radius 3 is 2.00 bits per heavy atom. The van der Waals surface area contributed by atoms with Crippen molar-refractivity contribution in [2.24, 2.45) is 0 Å². The summed E-state index contributed by atoms with van der Waals surface area (Å²) in [5.41, 5.74) is 4.98. The zero-order valence-corrected chi connectivity index (χ0v) is 13.8. The molecule has 24 heavy (non-hydrogen) atoms. The molecule has 2 heterocycles. The first-order chi connectivity index (χ1) is 11.9. The van der Waals surface area contributed by atoms with Gasteiger partial charge < -0.3 is 4.57 Å². The lowest BCUT2D eigenvalue weighted by molar-refractivity contribution is 1.18. The van der Waals surface area contributed by atoms with Crippen LogP contribution < -0.4 is 0 Å². The molecule has 0 spiro atoms. The Kier molecular flexibility index (Phi) is 3.03. The Morgan fingerprint density at radius 2 is 1.33 bits per heavy atom. The minimum atomic E-state index is 1.21. The van der Waals surface area contributed by atoms with Crippen molar-refractivity contribution in [1.82, 2.24) is 4.57 Å². The van der Waals surface area contributed by atoms with E-state index in [1.165, 1.54) is 37.9 Å². The molecule has 5 aromatic rings. The molecule has 0 aliphatic carbocycles. The summed E-state index contributed by atoms with van der Waals surface area (Å²) in [5, 5.41) is 4.73. The molecule has 0 amide bonds. The number of thiophene rings is 1. The molecule has 0 bridgehead atoms. The van der Waals surface area contributed by atoms with Gasteiger partial charge in [-0.1, -0.05) is 54.6 Å². The highest BCUT2D eigenvalue weighted by Gasteiger charge is 2.11. The first kappa shape index (κ1) is 13.6. The molecule has 0 aliphatic rings. The van der Waals surface area contributed by atoms with Gasteiger partial charge in [0.1, 0.15) is 0 Å². The van der Waals surface area contributed by atoms with Crippen LogP contribution >= 0.6 is 11.3 Å². The fourth-order valence-corrected chi connectivity index (χ4v) is 4.17. The number of rotatable bonds is 2. The van der Waals surface area contributed by atoms with E-state index in [1.807, 2.05) is 0 Å². The van der Waals surface area contributed by atoms with Gasteiger partial charge in [-0.2, -0.15) is 0 Å². The lowest BCUT2D eigenvalue weighted by Crippen LogP contribution is -1.93. The van der Waals surface area contributed by atoms with E-state index < -0.39 is 0 Å². The molecule has 0 atom stereocenters. The van der Waals surface area contributed by atoms with Crippen LogP contribution in [0.4, 0.5) is 0 Å². The minimum Gasteiger partial charge on any atom is -0.309 e. The number of para-hydroxylation sites is 2. The SMILES string of the molecule is c1cc(-c2cccs2)cc(-n2c3ccccc3c3ccccc32)c1. The highest BCUT2D eigenvalue weighted by Crippen LogP contribution is 2.33. The maximum atomic E-state index is 2.36. The van der Waals surface area contributed by atoms with Gasteiger partial charge in [-0.25, -0.2) is 0 Å². The van der Waals surface area contributed by atoms with Gasteiger partial charge in [0.25, 0.3) is 0 Å². The molecular formula is C22H15NS. The van der Waals surface area contributed by atoms with Gasteiger partial charge in [-0.3, -0.25) is 0 Å². The van der Waals surface area contributed by atoms with Crippen LogP contribution in [0.3, 0.4) is 0 Å². The van der Waals surface area contributed by atoms with Crippen molar-refractivity contribution in [3.8, 4) is 16.1 Å². The van der Waals surface area contributed by atoms with Crippen LogP contribution in [-0.2, 0) is 0 Å². The molecule has 0 radical (unpaired) electrons. The second-order valence-electron chi connectivity index (χ2n) is 5.90. The van der Waals surface area contributed by atoms with E-state index in [0.717, 1.165) is 0 Å². The average molecular weight is 325 g/mol. The highest BCUT2D eigenvalue weighted by molar-refractivity contribution is 7.13. The van der Waals surface area contributed by atoms with Crippen LogP contribution in [0.2, 0.25) is 0 Å². The Balaban J connectivity index is 1.84. The van der Waals surface area contributed by atoms with E-state index in [9.17, 15) is 0 Å². The summed E-state index contributed by atoms with van der Waals surface area (Å²) < 4.78 is 2.36. The molecule has 0 saturated carbocycles. The average Bonchev–Trinajstić information content (AvgIpc) is 3.28. The molecule has 5 rings (SSSR count). The summed E-state index contributed by atoms with van der Waals surface area (Å²) in [4.78, 5) is 1.30. The first-order valence-corrected chi connectivity index (χ1v) is 8.92. The fourth-order valence-electron chi connectivity index (χ4n) is 3.44. The molecule has 2 aromatic heterocycles. The van der Waals surface area contributed by atoms with Crippen molar-refractivity contribution in [1.29, 1.82) is 0 Å². The monoisotopic (exact) mass is 325 g/mol. The summed E-state index contributed by atoms with van der Waals surface area (Å²) in [5.74, 6) is 0. The maximum absolute atomic E-state index is 2.36. The quantitative estimate of drug-likeness (QED) is 0.348. The third-order valence-electron chi connectivity index (χ3n) is 4.49. The molecular weight excluding hydrogens is 310 g/mol. The van der Waals surface area contributed by atoms with E-state index in [0.29, 0.717) is 0 Å². The highest BCUT2D eigenvalue weighted by atomic mass is 32.1. The normalized spacial score (nSPS) is 11.3. The van der Waals surface area contributed by atoms with Crippen LogP contribution in [0.5, 0.6) is 0 Å². The summed E-state index contributed by atoms with van der Waals surface area (Å²) in [6, 6.07) is 30.3. The molecule has 0 saturated heterocycles. The molecule has 1 nitrogen and oxygen atoms in total. The van der Waals surface area contributed by atoms with E-state index in [-0.39, 0.29) is 0 Å². The Bertz CT molecular complexity index is 1100.